The normalized spacial score (nSPS) is 11.2. The van der Waals surface area contributed by atoms with Crippen molar-refractivity contribution in [3.8, 4) is 11.4 Å². The number of nitrogens with zero attached hydrogens (tertiary/aromatic N) is 2. The van der Waals surface area contributed by atoms with Crippen molar-refractivity contribution in [3.05, 3.63) is 28.7 Å². The van der Waals surface area contributed by atoms with E-state index in [1.165, 1.54) is 4.88 Å². The Morgan fingerprint density at radius 1 is 1.44 bits per heavy atom. The zero-order valence-electron chi connectivity index (χ0n) is 9.66. The van der Waals surface area contributed by atoms with Crippen LogP contribution in [-0.2, 0) is 6.54 Å². The van der Waals surface area contributed by atoms with Gasteiger partial charge in [0.1, 0.15) is 5.69 Å². The molecule has 0 amide bonds. The Balaban J connectivity index is 2.19. The van der Waals surface area contributed by atoms with Crippen LogP contribution < -0.4 is 0 Å². The van der Waals surface area contributed by atoms with Gasteiger partial charge in [-0.15, -0.1) is 11.3 Å². The summed E-state index contributed by atoms with van der Waals surface area (Å²) in [5, 5.41) is 0. The maximum absolute atomic E-state index is 4.32. The number of nitrogens with one attached hydrogen (secondary N) is 1. The summed E-state index contributed by atoms with van der Waals surface area (Å²) in [5.41, 5.74) is 5.11. The van der Waals surface area contributed by atoms with Gasteiger partial charge in [-0.25, -0.2) is 4.98 Å². The Labute approximate surface area is 100 Å². The quantitative estimate of drug-likeness (QED) is 0.862. The predicted octanol–water partition coefficient (Wildman–Crippen LogP) is 2.78. The van der Waals surface area contributed by atoms with Gasteiger partial charge < -0.3 is 4.98 Å². The zero-order chi connectivity index (χ0) is 11.4. The highest BCUT2D eigenvalue weighted by Gasteiger charge is 2.11. The van der Waals surface area contributed by atoms with Crippen LogP contribution in [0, 0.1) is 5.51 Å². The van der Waals surface area contributed by atoms with Crippen LogP contribution in [0.3, 0.4) is 0 Å². The summed E-state index contributed by atoms with van der Waals surface area (Å²) in [6.45, 7) is 7.46. The summed E-state index contributed by atoms with van der Waals surface area (Å²) in [5.74, 6) is 0. The molecule has 0 saturated carbocycles. The minimum Gasteiger partial charge on any atom is -0.360 e. The van der Waals surface area contributed by atoms with Gasteiger partial charge in [0.25, 0.3) is 0 Å². The van der Waals surface area contributed by atoms with E-state index < -0.39 is 0 Å². The highest BCUT2D eigenvalue weighted by Crippen LogP contribution is 2.24. The van der Waals surface area contributed by atoms with Crippen LogP contribution in [0.15, 0.2) is 18.3 Å². The molecule has 0 fully saturated rings. The molecular formula is C12H16N3S. The zero-order valence-corrected chi connectivity index (χ0v) is 10.5. The fraction of sp³-hybridized carbons (Fsp3) is 0.417. The van der Waals surface area contributed by atoms with Gasteiger partial charge in [0.2, 0.25) is 0 Å². The lowest BCUT2D eigenvalue weighted by molar-refractivity contribution is 0.298. The van der Waals surface area contributed by atoms with Crippen molar-refractivity contribution in [2.75, 3.05) is 13.1 Å². The lowest BCUT2D eigenvalue weighted by atomic mass is 10.2. The minimum atomic E-state index is 0.961. The van der Waals surface area contributed by atoms with E-state index in [-0.39, 0.29) is 0 Å². The first-order valence-corrected chi connectivity index (χ1v) is 6.38. The van der Waals surface area contributed by atoms with Crippen molar-refractivity contribution in [3.63, 3.8) is 0 Å². The molecule has 0 atom stereocenters. The molecule has 2 heterocycles. The number of aromatic nitrogens is 2. The summed E-state index contributed by atoms with van der Waals surface area (Å²) in [6.07, 6.45) is 1.93. The third-order valence-electron chi connectivity index (χ3n) is 2.71. The van der Waals surface area contributed by atoms with E-state index in [1.807, 2.05) is 12.3 Å². The molecule has 0 aliphatic heterocycles. The number of aromatic amines is 1. The first kappa shape index (κ1) is 11.4. The number of thiazole rings is 1. The third-order valence-corrected chi connectivity index (χ3v) is 3.46. The van der Waals surface area contributed by atoms with Crippen LogP contribution >= 0.6 is 11.3 Å². The molecule has 1 radical (unpaired) electrons. The average molecular weight is 234 g/mol. The maximum atomic E-state index is 4.32. The molecule has 0 unspecified atom stereocenters. The smallest absolute Gasteiger partial charge is 0.153 e. The average Bonchev–Trinajstić information content (AvgIpc) is 2.95. The molecule has 85 valence electrons. The molecule has 0 aliphatic carbocycles. The van der Waals surface area contributed by atoms with Crippen molar-refractivity contribution in [2.45, 2.75) is 20.4 Å². The van der Waals surface area contributed by atoms with Gasteiger partial charge in [0.05, 0.1) is 5.69 Å². The van der Waals surface area contributed by atoms with Gasteiger partial charge in [-0.2, -0.15) is 0 Å². The van der Waals surface area contributed by atoms with E-state index in [0.717, 1.165) is 31.0 Å². The highest BCUT2D eigenvalue weighted by molar-refractivity contribution is 7.09. The van der Waals surface area contributed by atoms with Crippen LogP contribution in [0.2, 0.25) is 0 Å². The molecule has 0 aromatic carbocycles. The van der Waals surface area contributed by atoms with Crippen molar-refractivity contribution >= 4 is 11.3 Å². The Morgan fingerprint density at radius 2 is 2.25 bits per heavy atom. The Hall–Kier alpha value is -1.13. The van der Waals surface area contributed by atoms with E-state index in [2.05, 4.69) is 40.3 Å². The van der Waals surface area contributed by atoms with Crippen LogP contribution in [-0.4, -0.2) is 28.0 Å². The van der Waals surface area contributed by atoms with Crippen molar-refractivity contribution in [1.82, 2.24) is 14.9 Å². The summed E-state index contributed by atoms with van der Waals surface area (Å²) in [7, 11) is 0. The first-order valence-electron chi connectivity index (χ1n) is 5.57. The fourth-order valence-electron chi connectivity index (χ4n) is 1.68. The topological polar surface area (TPSA) is 31.9 Å². The third kappa shape index (κ3) is 2.33. The van der Waals surface area contributed by atoms with Crippen molar-refractivity contribution in [2.24, 2.45) is 0 Å². The van der Waals surface area contributed by atoms with Crippen LogP contribution in [0.25, 0.3) is 11.4 Å². The second-order valence-corrected chi connectivity index (χ2v) is 4.50. The van der Waals surface area contributed by atoms with Gasteiger partial charge in [0, 0.05) is 17.6 Å². The number of hydrogen-bond donors (Lipinski definition) is 1. The second-order valence-electron chi connectivity index (χ2n) is 3.62. The van der Waals surface area contributed by atoms with Crippen LogP contribution in [0.4, 0.5) is 0 Å². The van der Waals surface area contributed by atoms with E-state index in [1.54, 1.807) is 11.3 Å². The highest BCUT2D eigenvalue weighted by atomic mass is 32.1. The number of H-pyrrole nitrogens is 1. The van der Waals surface area contributed by atoms with Gasteiger partial charge in [-0.3, -0.25) is 4.90 Å². The molecule has 16 heavy (non-hydrogen) atoms. The molecule has 1 N–H and O–H groups in total. The summed E-state index contributed by atoms with van der Waals surface area (Å²) in [4.78, 5) is 11.2. The molecule has 2 aromatic rings. The predicted molar refractivity (Wildman–Crippen MR) is 67.4 cm³/mol. The van der Waals surface area contributed by atoms with E-state index >= 15 is 0 Å². The first-order chi connectivity index (χ1) is 7.85. The largest absolute Gasteiger partial charge is 0.360 e. The monoisotopic (exact) mass is 234 g/mol. The maximum Gasteiger partial charge on any atom is 0.153 e. The van der Waals surface area contributed by atoms with Crippen molar-refractivity contribution in [1.29, 1.82) is 0 Å². The molecule has 0 bridgehead atoms. The Morgan fingerprint density at radius 3 is 2.88 bits per heavy atom. The van der Waals surface area contributed by atoms with Gasteiger partial charge in [-0.1, -0.05) is 13.8 Å². The standard InChI is InChI=1S/C12H16N3S/c1-3-15(4-2)8-11-12(14-9-16-11)10-6-5-7-13-10/h5-7,13H,3-4,8H2,1-2H3. The number of hydrogen-bond acceptors (Lipinski definition) is 3. The van der Waals surface area contributed by atoms with Crippen LogP contribution in [0.5, 0.6) is 0 Å². The summed E-state index contributed by atoms with van der Waals surface area (Å²) >= 11 is 1.61. The molecule has 0 saturated heterocycles. The summed E-state index contributed by atoms with van der Waals surface area (Å²) in [6, 6.07) is 4.05. The molecule has 0 aliphatic rings. The molecule has 0 spiro atoms. The van der Waals surface area contributed by atoms with Crippen LogP contribution in [0.1, 0.15) is 18.7 Å². The molecule has 2 aromatic heterocycles. The lowest BCUT2D eigenvalue weighted by Gasteiger charge is -2.17. The SMILES string of the molecule is CCN(CC)Cc1s[c]nc1-c1ccc[nH]1. The summed E-state index contributed by atoms with van der Waals surface area (Å²) < 4.78 is 0. The Kier molecular flexibility index (Phi) is 3.74. The van der Waals surface area contributed by atoms with Gasteiger partial charge in [0.15, 0.2) is 5.51 Å². The Bertz CT molecular complexity index is 415. The van der Waals surface area contributed by atoms with Crippen molar-refractivity contribution < 1.29 is 0 Å². The minimum absolute atomic E-state index is 0.961. The molecule has 2 rings (SSSR count). The van der Waals surface area contributed by atoms with E-state index in [0.29, 0.717) is 0 Å². The van der Waals surface area contributed by atoms with E-state index in [4.69, 9.17) is 0 Å². The number of rotatable bonds is 5. The van der Waals surface area contributed by atoms with Gasteiger partial charge >= 0.3 is 0 Å². The molecule has 4 heteroatoms. The van der Waals surface area contributed by atoms with Gasteiger partial charge in [-0.05, 0) is 25.2 Å². The molecule has 3 nitrogen and oxygen atoms in total. The fourth-order valence-corrected chi connectivity index (χ4v) is 2.43. The lowest BCUT2D eigenvalue weighted by Crippen LogP contribution is -2.21. The molecular weight excluding hydrogens is 218 g/mol. The van der Waals surface area contributed by atoms with E-state index in [9.17, 15) is 0 Å². The second kappa shape index (κ2) is 5.27.